The third-order valence-electron chi connectivity index (χ3n) is 6.09. The normalized spacial score (nSPS) is 32.2. The van der Waals surface area contributed by atoms with Gasteiger partial charge < -0.3 is 9.80 Å². The quantitative estimate of drug-likeness (QED) is 0.837. The fraction of sp³-hybridized carbons (Fsp3) is 0.650. The molecule has 3 aliphatic rings. The second kappa shape index (κ2) is 6.27. The molecule has 1 aromatic carbocycles. The molecular formula is C20H28N2O. The maximum atomic E-state index is 12.8. The summed E-state index contributed by atoms with van der Waals surface area (Å²) in [6.45, 7) is 2.11. The van der Waals surface area contributed by atoms with Crippen LogP contribution in [0.4, 0.5) is 0 Å². The molecular weight excluding hydrogens is 284 g/mol. The molecule has 1 saturated carbocycles. The zero-order valence-corrected chi connectivity index (χ0v) is 14.2. The first-order chi connectivity index (χ1) is 11.3. The molecule has 1 aliphatic carbocycles. The van der Waals surface area contributed by atoms with Crippen LogP contribution in [-0.2, 0) is 4.79 Å². The van der Waals surface area contributed by atoms with Crippen molar-refractivity contribution >= 4 is 5.91 Å². The minimum atomic E-state index is 0.345. The lowest BCUT2D eigenvalue weighted by atomic mass is 9.79. The van der Waals surface area contributed by atoms with Crippen molar-refractivity contribution < 1.29 is 4.79 Å². The largest absolute Gasteiger partial charge is 0.338 e. The number of hydrogen-bond acceptors (Lipinski definition) is 2. The molecule has 0 N–H and O–H groups in total. The number of hydrogen-bond donors (Lipinski definition) is 0. The summed E-state index contributed by atoms with van der Waals surface area (Å²) in [4.78, 5) is 17.6. The summed E-state index contributed by atoms with van der Waals surface area (Å²) in [5.41, 5.74) is 1.45. The standard InChI is InChI=1S/C20H28N2O/c1-21-13-6-5-9-18-19(21)17(15-7-3-2-4-8-15)12-14-22(18)20(23)16-10-11-16/h2-4,7-8,16-19H,5-6,9-14H2,1H3/t17-,18-,19-/m1/s1. The number of nitrogens with zero attached hydrogens (tertiary/aromatic N) is 2. The Morgan fingerprint density at radius 2 is 1.78 bits per heavy atom. The fourth-order valence-electron chi connectivity index (χ4n) is 4.76. The van der Waals surface area contributed by atoms with E-state index >= 15 is 0 Å². The van der Waals surface area contributed by atoms with Crippen molar-refractivity contribution in [1.29, 1.82) is 0 Å². The zero-order valence-electron chi connectivity index (χ0n) is 14.2. The van der Waals surface area contributed by atoms with Crippen LogP contribution in [0.2, 0.25) is 0 Å². The van der Waals surface area contributed by atoms with E-state index in [-0.39, 0.29) is 0 Å². The van der Waals surface area contributed by atoms with E-state index in [1.165, 1.54) is 24.8 Å². The minimum absolute atomic E-state index is 0.345. The molecule has 0 spiro atoms. The van der Waals surface area contributed by atoms with Gasteiger partial charge in [0.25, 0.3) is 0 Å². The molecule has 3 heteroatoms. The summed E-state index contributed by atoms with van der Waals surface area (Å²) in [6, 6.07) is 11.9. The van der Waals surface area contributed by atoms with Gasteiger partial charge in [0, 0.05) is 30.5 Å². The van der Waals surface area contributed by atoms with Gasteiger partial charge in [0.1, 0.15) is 0 Å². The molecule has 2 heterocycles. The number of likely N-dealkylation sites (tertiary alicyclic amines) is 2. The van der Waals surface area contributed by atoms with Crippen molar-refractivity contribution in [2.75, 3.05) is 20.1 Å². The highest BCUT2D eigenvalue weighted by atomic mass is 16.2. The van der Waals surface area contributed by atoms with E-state index in [1.807, 2.05) is 0 Å². The first-order valence-corrected chi connectivity index (χ1v) is 9.31. The maximum Gasteiger partial charge on any atom is 0.225 e. The summed E-state index contributed by atoms with van der Waals surface area (Å²) in [6.07, 6.45) is 7.03. The molecule has 124 valence electrons. The Morgan fingerprint density at radius 1 is 1.00 bits per heavy atom. The molecule has 2 saturated heterocycles. The van der Waals surface area contributed by atoms with Gasteiger partial charge in [-0.05, 0) is 51.3 Å². The van der Waals surface area contributed by atoms with Crippen molar-refractivity contribution in [2.24, 2.45) is 5.92 Å². The molecule has 23 heavy (non-hydrogen) atoms. The van der Waals surface area contributed by atoms with Gasteiger partial charge in [-0.15, -0.1) is 0 Å². The SMILES string of the molecule is CN1CCCC[C@@H]2[C@H]1[C@@H](c1ccccc1)CCN2C(=O)C1CC1. The van der Waals surface area contributed by atoms with Crippen LogP contribution in [-0.4, -0.2) is 47.9 Å². The predicted molar refractivity (Wildman–Crippen MR) is 92.3 cm³/mol. The van der Waals surface area contributed by atoms with Gasteiger partial charge in [-0.2, -0.15) is 0 Å². The highest BCUT2D eigenvalue weighted by Gasteiger charge is 2.45. The molecule has 3 atom stereocenters. The van der Waals surface area contributed by atoms with Crippen molar-refractivity contribution in [3.05, 3.63) is 35.9 Å². The average molecular weight is 312 g/mol. The summed E-state index contributed by atoms with van der Waals surface area (Å²) in [7, 11) is 2.27. The number of piperidine rings is 1. The van der Waals surface area contributed by atoms with Crippen molar-refractivity contribution in [1.82, 2.24) is 9.80 Å². The van der Waals surface area contributed by atoms with Crippen LogP contribution >= 0.6 is 0 Å². The number of likely N-dealkylation sites (N-methyl/N-ethyl adjacent to an activating group) is 1. The van der Waals surface area contributed by atoms with Crippen LogP contribution in [0.15, 0.2) is 30.3 Å². The Labute approximate surface area is 139 Å². The Morgan fingerprint density at radius 3 is 2.52 bits per heavy atom. The van der Waals surface area contributed by atoms with Gasteiger partial charge >= 0.3 is 0 Å². The highest BCUT2D eigenvalue weighted by molar-refractivity contribution is 5.81. The molecule has 2 aliphatic heterocycles. The lowest BCUT2D eigenvalue weighted by Crippen LogP contribution is -2.58. The first-order valence-electron chi connectivity index (χ1n) is 9.31. The highest BCUT2D eigenvalue weighted by Crippen LogP contribution is 2.41. The van der Waals surface area contributed by atoms with E-state index in [0.29, 0.717) is 29.8 Å². The molecule has 4 rings (SSSR count). The molecule has 3 fully saturated rings. The smallest absolute Gasteiger partial charge is 0.225 e. The molecule has 0 bridgehead atoms. The minimum Gasteiger partial charge on any atom is -0.338 e. The van der Waals surface area contributed by atoms with Gasteiger partial charge in [-0.25, -0.2) is 0 Å². The number of carbonyl (C=O) groups is 1. The molecule has 1 amide bonds. The molecule has 1 aromatic rings. The fourth-order valence-corrected chi connectivity index (χ4v) is 4.76. The topological polar surface area (TPSA) is 23.6 Å². The van der Waals surface area contributed by atoms with Crippen LogP contribution in [0.5, 0.6) is 0 Å². The predicted octanol–water partition coefficient (Wildman–Crippen LogP) is 3.27. The Hall–Kier alpha value is -1.35. The second-order valence-electron chi connectivity index (χ2n) is 7.65. The second-order valence-corrected chi connectivity index (χ2v) is 7.65. The van der Waals surface area contributed by atoms with E-state index in [1.54, 1.807) is 0 Å². The van der Waals surface area contributed by atoms with Crippen LogP contribution in [0.1, 0.15) is 50.0 Å². The third kappa shape index (κ3) is 2.91. The average Bonchev–Trinajstić information content (AvgIpc) is 3.43. The van der Waals surface area contributed by atoms with E-state index in [2.05, 4.69) is 47.2 Å². The van der Waals surface area contributed by atoms with E-state index in [4.69, 9.17) is 0 Å². The molecule has 0 unspecified atom stereocenters. The lowest BCUT2D eigenvalue weighted by molar-refractivity contribution is -0.138. The van der Waals surface area contributed by atoms with Crippen LogP contribution < -0.4 is 0 Å². The summed E-state index contributed by atoms with van der Waals surface area (Å²) in [5.74, 6) is 1.35. The molecule has 0 radical (unpaired) electrons. The number of rotatable bonds is 2. The monoisotopic (exact) mass is 312 g/mol. The van der Waals surface area contributed by atoms with Gasteiger partial charge in [-0.1, -0.05) is 36.8 Å². The Kier molecular flexibility index (Phi) is 4.14. The lowest BCUT2D eigenvalue weighted by Gasteiger charge is -2.48. The Balaban J connectivity index is 1.65. The number of fused-ring (bicyclic) bond motifs is 1. The maximum absolute atomic E-state index is 12.8. The molecule has 0 aromatic heterocycles. The van der Waals surface area contributed by atoms with E-state index in [0.717, 1.165) is 32.4 Å². The van der Waals surface area contributed by atoms with Crippen molar-refractivity contribution in [3.8, 4) is 0 Å². The molecule has 3 nitrogen and oxygen atoms in total. The zero-order chi connectivity index (χ0) is 15.8. The van der Waals surface area contributed by atoms with E-state index < -0.39 is 0 Å². The first kappa shape index (κ1) is 15.2. The number of carbonyl (C=O) groups excluding carboxylic acids is 1. The Bertz CT molecular complexity index is 554. The summed E-state index contributed by atoms with van der Waals surface area (Å²) >= 11 is 0. The van der Waals surface area contributed by atoms with Crippen molar-refractivity contribution in [2.45, 2.75) is 56.5 Å². The van der Waals surface area contributed by atoms with Gasteiger partial charge in [0.05, 0.1) is 0 Å². The summed E-state index contributed by atoms with van der Waals surface area (Å²) < 4.78 is 0. The van der Waals surface area contributed by atoms with Crippen LogP contribution in [0.25, 0.3) is 0 Å². The summed E-state index contributed by atoms with van der Waals surface area (Å²) in [5, 5.41) is 0. The van der Waals surface area contributed by atoms with E-state index in [9.17, 15) is 4.79 Å². The van der Waals surface area contributed by atoms with Gasteiger partial charge in [0.15, 0.2) is 0 Å². The third-order valence-corrected chi connectivity index (χ3v) is 6.09. The van der Waals surface area contributed by atoms with Crippen molar-refractivity contribution in [3.63, 3.8) is 0 Å². The van der Waals surface area contributed by atoms with Gasteiger partial charge in [-0.3, -0.25) is 4.79 Å². The van der Waals surface area contributed by atoms with Crippen LogP contribution in [0, 0.1) is 5.92 Å². The van der Waals surface area contributed by atoms with Gasteiger partial charge in [0.2, 0.25) is 5.91 Å². The number of amides is 1. The van der Waals surface area contributed by atoms with Crippen LogP contribution in [0.3, 0.4) is 0 Å². The number of benzene rings is 1.